The summed E-state index contributed by atoms with van der Waals surface area (Å²) in [5.74, 6) is 5.88. The lowest BCUT2D eigenvalue weighted by Crippen LogP contribution is -2.25. The molecule has 0 saturated carbocycles. The van der Waals surface area contributed by atoms with Gasteiger partial charge in [-0.25, -0.2) is 4.39 Å². The minimum atomic E-state index is -0.298. The van der Waals surface area contributed by atoms with Crippen molar-refractivity contribution in [3.8, 4) is 11.8 Å². The Morgan fingerprint density at radius 3 is 2.67 bits per heavy atom. The average Bonchev–Trinajstić information content (AvgIpc) is 2.77. The van der Waals surface area contributed by atoms with Gasteiger partial charge in [0.05, 0.1) is 18.7 Å². The molecule has 0 spiro atoms. The molecule has 1 N–H and O–H groups in total. The van der Waals surface area contributed by atoms with Gasteiger partial charge in [-0.05, 0) is 38.1 Å². The fraction of sp³-hybridized carbons (Fsp3) is 0.250. The van der Waals surface area contributed by atoms with Gasteiger partial charge in [0.2, 0.25) is 5.91 Å². The first-order valence-electron chi connectivity index (χ1n) is 6.49. The van der Waals surface area contributed by atoms with Crippen molar-refractivity contribution in [3.05, 3.63) is 52.7 Å². The van der Waals surface area contributed by atoms with E-state index in [2.05, 4.69) is 22.3 Å². The third kappa shape index (κ3) is 4.18. The van der Waals surface area contributed by atoms with Crippen molar-refractivity contribution >= 4 is 5.91 Å². The number of carbonyl (C=O) groups excluding carboxylic acids is 1. The summed E-state index contributed by atoms with van der Waals surface area (Å²) >= 11 is 0. The zero-order valence-electron chi connectivity index (χ0n) is 11.9. The summed E-state index contributed by atoms with van der Waals surface area (Å²) in [6.07, 6.45) is 0.222. The number of benzene rings is 1. The van der Waals surface area contributed by atoms with E-state index in [0.29, 0.717) is 11.3 Å². The van der Waals surface area contributed by atoms with Gasteiger partial charge in [-0.3, -0.25) is 4.79 Å². The van der Waals surface area contributed by atoms with Crippen LogP contribution in [0.5, 0.6) is 0 Å². The number of rotatable bonds is 3. The highest BCUT2D eigenvalue weighted by molar-refractivity contribution is 5.79. The summed E-state index contributed by atoms with van der Waals surface area (Å²) in [5.41, 5.74) is 2.23. The Morgan fingerprint density at radius 2 is 2.05 bits per heavy atom. The fourth-order valence-electron chi connectivity index (χ4n) is 1.80. The number of aryl methyl sites for hydroxylation is 2. The molecule has 21 heavy (non-hydrogen) atoms. The van der Waals surface area contributed by atoms with Gasteiger partial charge in [0.25, 0.3) is 0 Å². The molecule has 0 aliphatic heterocycles. The van der Waals surface area contributed by atoms with Crippen LogP contribution in [0.25, 0.3) is 0 Å². The van der Waals surface area contributed by atoms with Crippen LogP contribution in [0.15, 0.2) is 28.8 Å². The number of nitrogens with one attached hydrogen (secondary N) is 1. The molecule has 2 rings (SSSR count). The molecule has 108 valence electrons. The minimum absolute atomic E-state index is 0.141. The standard InChI is InChI=1S/C16H15FN2O2/c1-11-15(12(2)21-19-11)10-16(20)18-9-3-4-13-5-7-14(17)8-6-13/h5-8H,9-10H2,1-2H3,(H,18,20). The van der Waals surface area contributed by atoms with Crippen LogP contribution in [0.3, 0.4) is 0 Å². The Labute approximate surface area is 122 Å². The van der Waals surface area contributed by atoms with Crippen molar-refractivity contribution < 1.29 is 13.7 Å². The van der Waals surface area contributed by atoms with Crippen molar-refractivity contribution in [1.29, 1.82) is 0 Å². The lowest BCUT2D eigenvalue weighted by molar-refractivity contribution is -0.120. The van der Waals surface area contributed by atoms with Crippen molar-refractivity contribution in [2.75, 3.05) is 6.54 Å². The zero-order valence-corrected chi connectivity index (χ0v) is 11.9. The van der Waals surface area contributed by atoms with Crippen LogP contribution in [-0.2, 0) is 11.2 Å². The Bertz CT molecular complexity index is 674. The molecule has 5 heteroatoms. The van der Waals surface area contributed by atoms with Gasteiger partial charge in [0, 0.05) is 11.1 Å². The predicted molar refractivity (Wildman–Crippen MR) is 76.0 cm³/mol. The van der Waals surface area contributed by atoms with Crippen molar-refractivity contribution in [2.45, 2.75) is 20.3 Å². The Kier molecular flexibility index (Phi) is 4.72. The highest BCUT2D eigenvalue weighted by atomic mass is 19.1. The Balaban J connectivity index is 1.84. The van der Waals surface area contributed by atoms with E-state index >= 15 is 0 Å². The number of halogens is 1. The van der Waals surface area contributed by atoms with Crippen LogP contribution in [0.1, 0.15) is 22.6 Å². The number of aromatic nitrogens is 1. The Morgan fingerprint density at radius 1 is 1.33 bits per heavy atom. The first-order valence-corrected chi connectivity index (χ1v) is 6.49. The van der Waals surface area contributed by atoms with Crippen molar-refractivity contribution in [3.63, 3.8) is 0 Å². The zero-order chi connectivity index (χ0) is 15.2. The van der Waals surface area contributed by atoms with Gasteiger partial charge in [-0.15, -0.1) is 0 Å². The average molecular weight is 286 g/mol. The van der Waals surface area contributed by atoms with Crippen LogP contribution >= 0.6 is 0 Å². The van der Waals surface area contributed by atoms with Gasteiger partial charge in [-0.2, -0.15) is 0 Å². The molecule has 0 aliphatic carbocycles. The first-order chi connectivity index (χ1) is 10.1. The number of carbonyl (C=O) groups is 1. The second-order valence-corrected chi connectivity index (χ2v) is 4.56. The molecule has 0 radical (unpaired) electrons. The van der Waals surface area contributed by atoms with Crippen LogP contribution in [-0.4, -0.2) is 17.6 Å². The van der Waals surface area contributed by atoms with E-state index in [1.165, 1.54) is 12.1 Å². The number of hydrogen-bond donors (Lipinski definition) is 1. The largest absolute Gasteiger partial charge is 0.361 e. The van der Waals surface area contributed by atoms with Gasteiger partial charge >= 0.3 is 0 Å². The Hall–Kier alpha value is -2.61. The molecular formula is C16H15FN2O2. The third-order valence-electron chi connectivity index (χ3n) is 2.97. The molecular weight excluding hydrogens is 271 g/mol. The molecule has 1 aromatic heterocycles. The lowest BCUT2D eigenvalue weighted by Gasteiger charge is -2.00. The van der Waals surface area contributed by atoms with E-state index in [-0.39, 0.29) is 24.7 Å². The number of nitrogens with zero attached hydrogens (tertiary/aromatic N) is 1. The van der Waals surface area contributed by atoms with Crippen molar-refractivity contribution in [2.24, 2.45) is 0 Å². The van der Waals surface area contributed by atoms with E-state index in [9.17, 15) is 9.18 Å². The van der Waals surface area contributed by atoms with Crippen molar-refractivity contribution in [1.82, 2.24) is 10.5 Å². The second-order valence-electron chi connectivity index (χ2n) is 4.56. The van der Waals surface area contributed by atoms with Gasteiger partial charge in [-0.1, -0.05) is 17.0 Å². The monoisotopic (exact) mass is 286 g/mol. The summed E-state index contributed by atoms with van der Waals surface area (Å²) in [5, 5.41) is 6.50. The molecule has 2 aromatic rings. The maximum atomic E-state index is 12.7. The first kappa shape index (κ1) is 14.8. The van der Waals surface area contributed by atoms with Crippen LogP contribution in [0.4, 0.5) is 4.39 Å². The highest BCUT2D eigenvalue weighted by Crippen LogP contribution is 2.12. The summed E-state index contributed by atoms with van der Waals surface area (Å²) in [4.78, 5) is 11.8. The van der Waals surface area contributed by atoms with Gasteiger partial charge in [0.1, 0.15) is 11.6 Å². The number of hydrogen-bond acceptors (Lipinski definition) is 3. The SMILES string of the molecule is Cc1noc(C)c1CC(=O)NCC#Cc1ccc(F)cc1. The minimum Gasteiger partial charge on any atom is -0.361 e. The van der Waals surface area contributed by atoms with E-state index in [1.54, 1.807) is 26.0 Å². The summed E-state index contributed by atoms with van der Waals surface area (Å²) in [6.45, 7) is 3.81. The smallest absolute Gasteiger partial charge is 0.225 e. The quantitative estimate of drug-likeness (QED) is 0.880. The fourth-order valence-corrected chi connectivity index (χ4v) is 1.80. The van der Waals surface area contributed by atoms with Gasteiger partial charge in [0.15, 0.2) is 0 Å². The molecule has 0 saturated heterocycles. The highest BCUT2D eigenvalue weighted by Gasteiger charge is 2.12. The summed E-state index contributed by atoms with van der Waals surface area (Å²) < 4.78 is 17.7. The van der Waals surface area contributed by atoms with Crippen LogP contribution < -0.4 is 5.32 Å². The topological polar surface area (TPSA) is 55.1 Å². The molecule has 1 heterocycles. The van der Waals surface area contributed by atoms with E-state index in [4.69, 9.17) is 4.52 Å². The number of amides is 1. The molecule has 0 bridgehead atoms. The van der Waals surface area contributed by atoms with Gasteiger partial charge < -0.3 is 9.84 Å². The maximum Gasteiger partial charge on any atom is 0.225 e. The second kappa shape index (κ2) is 6.71. The molecule has 0 aliphatic rings. The maximum absolute atomic E-state index is 12.7. The molecule has 0 fully saturated rings. The van der Waals surface area contributed by atoms with Crippen LogP contribution in [0, 0.1) is 31.5 Å². The summed E-state index contributed by atoms with van der Waals surface area (Å²) in [7, 11) is 0. The summed E-state index contributed by atoms with van der Waals surface area (Å²) in [6, 6.07) is 5.88. The van der Waals surface area contributed by atoms with E-state index < -0.39 is 0 Å². The third-order valence-corrected chi connectivity index (χ3v) is 2.97. The van der Waals surface area contributed by atoms with Crippen LogP contribution in [0.2, 0.25) is 0 Å². The predicted octanol–water partition coefficient (Wildman–Crippen LogP) is 2.14. The molecule has 1 amide bonds. The molecule has 1 aromatic carbocycles. The molecule has 0 atom stereocenters. The lowest BCUT2D eigenvalue weighted by atomic mass is 10.1. The molecule has 0 unspecified atom stereocenters. The normalized spacial score (nSPS) is 9.86. The van der Waals surface area contributed by atoms with E-state index in [1.807, 2.05) is 0 Å². The molecule has 4 nitrogen and oxygen atoms in total. The van der Waals surface area contributed by atoms with E-state index in [0.717, 1.165) is 11.3 Å².